The summed E-state index contributed by atoms with van der Waals surface area (Å²) in [5.41, 5.74) is 6.16. The van der Waals surface area contributed by atoms with Crippen LogP contribution in [0, 0.1) is 0 Å². The fourth-order valence-corrected chi connectivity index (χ4v) is 1.55. The molecule has 0 radical (unpaired) electrons. The molecule has 14 heavy (non-hydrogen) atoms. The Morgan fingerprint density at radius 1 is 1.43 bits per heavy atom. The summed E-state index contributed by atoms with van der Waals surface area (Å²) in [5.74, 6) is -1.16. The maximum absolute atomic E-state index is 13.5. The highest BCUT2D eigenvalue weighted by molar-refractivity contribution is 5.43. The molecule has 0 saturated heterocycles. The van der Waals surface area contributed by atoms with E-state index in [1.165, 1.54) is 0 Å². The van der Waals surface area contributed by atoms with Crippen molar-refractivity contribution in [2.75, 3.05) is 0 Å². The SMILES string of the molecule is C=C(CCC)C1=C(F)C(N)=C(F)CC1. The third kappa shape index (κ3) is 2.03. The van der Waals surface area contributed by atoms with Crippen LogP contribution in [0.5, 0.6) is 0 Å². The van der Waals surface area contributed by atoms with Crippen molar-refractivity contribution in [2.45, 2.75) is 32.6 Å². The number of hydrogen-bond donors (Lipinski definition) is 1. The average Bonchev–Trinajstić information content (AvgIpc) is 2.15. The molecule has 1 nitrogen and oxygen atoms in total. The van der Waals surface area contributed by atoms with Gasteiger partial charge in [0.1, 0.15) is 5.83 Å². The minimum atomic E-state index is -0.618. The van der Waals surface area contributed by atoms with E-state index in [0.29, 0.717) is 12.0 Å². The van der Waals surface area contributed by atoms with Gasteiger partial charge < -0.3 is 5.73 Å². The number of nitrogens with two attached hydrogens (primary N) is 1. The Hall–Kier alpha value is -1.12. The zero-order valence-electron chi connectivity index (χ0n) is 8.37. The van der Waals surface area contributed by atoms with E-state index in [-0.39, 0.29) is 12.1 Å². The average molecular weight is 199 g/mol. The van der Waals surface area contributed by atoms with E-state index in [9.17, 15) is 8.78 Å². The molecule has 78 valence electrons. The lowest BCUT2D eigenvalue weighted by Gasteiger charge is -2.17. The van der Waals surface area contributed by atoms with Crippen molar-refractivity contribution in [3.05, 3.63) is 35.1 Å². The minimum Gasteiger partial charge on any atom is -0.394 e. The van der Waals surface area contributed by atoms with Crippen LogP contribution < -0.4 is 5.73 Å². The van der Waals surface area contributed by atoms with Gasteiger partial charge in [-0.3, -0.25) is 0 Å². The van der Waals surface area contributed by atoms with Gasteiger partial charge in [0.2, 0.25) is 0 Å². The molecule has 2 N–H and O–H groups in total. The maximum Gasteiger partial charge on any atom is 0.152 e. The molecular weight excluding hydrogens is 184 g/mol. The molecule has 1 rings (SSSR count). The number of allylic oxidation sites excluding steroid dienone is 4. The lowest BCUT2D eigenvalue weighted by Crippen LogP contribution is -2.09. The fourth-order valence-electron chi connectivity index (χ4n) is 1.55. The summed E-state index contributed by atoms with van der Waals surface area (Å²) in [5, 5.41) is 0. The van der Waals surface area contributed by atoms with Crippen molar-refractivity contribution >= 4 is 0 Å². The van der Waals surface area contributed by atoms with Gasteiger partial charge in [-0.15, -0.1) is 0 Å². The van der Waals surface area contributed by atoms with Crippen LogP contribution >= 0.6 is 0 Å². The van der Waals surface area contributed by atoms with Crippen LogP contribution in [0.2, 0.25) is 0 Å². The van der Waals surface area contributed by atoms with Crippen LogP contribution in [-0.2, 0) is 0 Å². The highest BCUT2D eigenvalue weighted by Crippen LogP contribution is 2.33. The van der Waals surface area contributed by atoms with E-state index in [4.69, 9.17) is 5.73 Å². The molecule has 0 atom stereocenters. The van der Waals surface area contributed by atoms with Gasteiger partial charge in [0.15, 0.2) is 5.83 Å². The summed E-state index contributed by atoms with van der Waals surface area (Å²) in [7, 11) is 0. The first-order valence-corrected chi connectivity index (χ1v) is 4.79. The van der Waals surface area contributed by atoms with Crippen LogP contribution in [-0.4, -0.2) is 0 Å². The Bertz CT molecular complexity index is 313. The smallest absolute Gasteiger partial charge is 0.152 e. The monoisotopic (exact) mass is 199 g/mol. The summed E-state index contributed by atoms with van der Waals surface area (Å²) in [4.78, 5) is 0. The molecule has 0 saturated carbocycles. The van der Waals surface area contributed by atoms with Gasteiger partial charge in [0.05, 0.1) is 5.70 Å². The Kier molecular flexibility index (Phi) is 3.44. The van der Waals surface area contributed by atoms with Crippen LogP contribution in [0.4, 0.5) is 8.78 Å². The highest BCUT2D eigenvalue weighted by atomic mass is 19.1. The molecule has 0 aromatic heterocycles. The van der Waals surface area contributed by atoms with Gasteiger partial charge in [0.25, 0.3) is 0 Å². The van der Waals surface area contributed by atoms with Gasteiger partial charge in [0, 0.05) is 6.42 Å². The first kappa shape index (κ1) is 11.0. The molecule has 1 aliphatic carbocycles. The number of halogens is 2. The van der Waals surface area contributed by atoms with Crippen molar-refractivity contribution in [1.29, 1.82) is 0 Å². The highest BCUT2D eigenvalue weighted by Gasteiger charge is 2.21. The summed E-state index contributed by atoms with van der Waals surface area (Å²) in [6, 6.07) is 0. The fraction of sp³-hybridized carbons (Fsp3) is 0.455. The Morgan fingerprint density at radius 2 is 2.07 bits per heavy atom. The largest absolute Gasteiger partial charge is 0.394 e. The zero-order chi connectivity index (χ0) is 10.7. The normalized spacial score (nSPS) is 17.6. The van der Waals surface area contributed by atoms with Crippen LogP contribution in [0.15, 0.2) is 35.1 Å². The molecule has 0 bridgehead atoms. The van der Waals surface area contributed by atoms with Crippen molar-refractivity contribution < 1.29 is 8.78 Å². The van der Waals surface area contributed by atoms with E-state index < -0.39 is 11.7 Å². The molecule has 0 spiro atoms. The van der Waals surface area contributed by atoms with Gasteiger partial charge in [-0.2, -0.15) is 0 Å². The molecular formula is C11H15F2N. The Balaban J connectivity index is 2.94. The van der Waals surface area contributed by atoms with Crippen LogP contribution in [0.25, 0.3) is 0 Å². The minimum absolute atomic E-state index is 0.192. The number of rotatable bonds is 3. The molecule has 0 aliphatic heterocycles. The molecule has 0 heterocycles. The standard InChI is InChI=1S/C11H15F2N/c1-3-4-7(2)8-5-6-9(12)11(14)10(8)13/h2-6,14H2,1H3. The van der Waals surface area contributed by atoms with Gasteiger partial charge in [-0.25, -0.2) is 8.78 Å². The predicted octanol–water partition coefficient (Wildman–Crippen LogP) is 3.50. The van der Waals surface area contributed by atoms with E-state index >= 15 is 0 Å². The van der Waals surface area contributed by atoms with Crippen molar-refractivity contribution in [2.24, 2.45) is 5.73 Å². The van der Waals surface area contributed by atoms with E-state index in [2.05, 4.69) is 6.58 Å². The van der Waals surface area contributed by atoms with Crippen molar-refractivity contribution in [3.8, 4) is 0 Å². The first-order valence-electron chi connectivity index (χ1n) is 4.79. The number of hydrogen-bond acceptors (Lipinski definition) is 1. The van der Waals surface area contributed by atoms with Gasteiger partial charge >= 0.3 is 0 Å². The first-order chi connectivity index (χ1) is 6.57. The topological polar surface area (TPSA) is 26.0 Å². The zero-order valence-corrected chi connectivity index (χ0v) is 8.37. The molecule has 0 amide bonds. The van der Waals surface area contributed by atoms with Crippen molar-refractivity contribution in [1.82, 2.24) is 0 Å². The quantitative estimate of drug-likeness (QED) is 0.739. The third-order valence-corrected chi connectivity index (χ3v) is 2.37. The Labute approximate surface area is 83.0 Å². The second-order valence-electron chi connectivity index (χ2n) is 3.46. The predicted molar refractivity (Wildman–Crippen MR) is 53.7 cm³/mol. The molecule has 3 heteroatoms. The second-order valence-corrected chi connectivity index (χ2v) is 3.46. The molecule has 0 fully saturated rings. The second kappa shape index (κ2) is 4.40. The summed E-state index contributed by atoms with van der Waals surface area (Å²) < 4.78 is 26.4. The molecule has 0 aromatic carbocycles. The van der Waals surface area contributed by atoms with Crippen molar-refractivity contribution in [3.63, 3.8) is 0 Å². The lowest BCUT2D eigenvalue weighted by molar-refractivity contribution is 0.527. The maximum atomic E-state index is 13.5. The van der Waals surface area contributed by atoms with Gasteiger partial charge in [-0.05, 0) is 24.0 Å². The molecule has 0 aromatic rings. The van der Waals surface area contributed by atoms with Crippen LogP contribution in [0.1, 0.15) is 32.6 Å². The summed E-state index contributed by atoms with van der Waals surface area (Å²) in [6.45, 7) is 5.77. The van der Waals surface area contributed by atoms with Crippen LogP contribution in [0.3, 0.4) is 0 Å². The van der Waals surface area contributed by atoms with Gasteiger partial charge in [-0.1, -0.05) is 19.9 Å². The van der Waals surface area contributed by atoms with E-state index in [0.717, 1.165) is 18.4 Å². The third-order valence-electron chi connectivity index (χ3n) is 2.37. The van der Waals surface area contributed by atoms with E-state index in [1.807, 2.05) is 6.92 Å². The van der Waals surface area contributed by atoms with E-state index in [1.54, 1.807) is 0 Å². The molecule has 0 unspecified atom stereocenters. The lowest BCUT2D eigenvalue weighted by atomic mass is 9.93. The molecule has 1 aliphatic rings. The summed E-state index contributed by atoms with van der Waals surface area (Å²) in [6.07, 6.45) is 2.20. The summed E-state index contributed by atoms with van der Waals surface area (Å²) >= 11 is 0. The Morgan fingerprint density at radius 3 is 2.64 bits per heavy atom.